The average Bonchev–Trinajstić information content (AvgIpc) is 2.38. The molecule has 1 rings (SSSR count). The summed E-state index contributed by atoms with van der Waals surface area (Å²) in [5.41, 5.74) is 1.76. The molecule has 0 aliphatic rings. The van der Waals surface area contributed by atoms with Crippen molar-refractivity contribution in [2.75, 3.05) is 10.5 Å². The Morgan fingerprint density at radius 1 is 1.16 bits per heavy atom. The highest BCUT2D eigenvalue weighted by atomic mass is 32.2. The van der Waals surface area contributed by atoms with Gasteiger partial charge in [0.1, 0.15) is 0 Å². The zero-order valence-corrected chi connectivity index (χ0v) is 12.1. The average molecular weight is 286 g/mol. The molecule has 0 saturated heterocycles. The van der Waals surface area contributed by atoms with Crippen molar-refractivity contribution < 1.29 is 13.3 Å². The SMILES string of the molecule is CCc1cc([N+](=O)[O-])cc(CC)c1NS(=O)(=O)CC. The first kappa shape index (κ1) is 15.4. The first-order valence-corrected chi connectivity index (χ1v) is 7.80. The van der Waals surface area contributed by atoms with Crippen molar-refractivity contribution in [2.45, 2.75) is 33.6 Å². The van der Waals surface area contributed by atoms with Crippen molar-refractivity contribution in [1.82, 2.24) is 0 Å². The molecule has 106 valence electrons. The zero-order valence-electron chi connectivity index (χ0n) is 11.3. The number of rotatable bonds is 6. The highest BCUT2D eigenvalue weighted by molar-refractivity contribution is 7.92. The summed E-state index contributed by atoms with van der Waals surface area (Å²) in [6.07, 6.45) is 1.05. The van der Waals surface area contributed by atoms with E-state index in [1.54, 1.807) is 6.92 Å². The third-order valence-electron chi connectivity index (χ3n) is 2.90. The summed E-state index contributed by atoms with van der Waals surface area (Å²) >= 11 is 0. The maximum atomic E-state index is 11.7. The predicted octanol–water partition coefficient (Wildman–Crippen LogP) is 2.48. The van der Waals surface area contributed by atoms with E-state index in [-0.39, 0.29) is 11.4 Å². The lowest BCUT2D eigenvalue weighted by atomic mass is 10.0. The zero-order chi connectivity index (χ0) is 14.6. The van der Waals surface area contributed by atoms with Gasteiger partial charge < -0.3 is 0 Å². The molecule has 0 aliphatic carbocycles. The Morgan fingerprint density at radius 3 is 1.95 bits per heavy atom. The van der Waals surface area contributed by atoms with Crippen LogP contribution in [0.1, 0.15) is 31.9 Å². The molecule has 0 amide bonds. The number of sulfonamides is 1. The molecule has 7 heteroatoms. The lowest BCUT2D eigenvalue weighted by molar-refractivity contribution is -0.385. The third kappa shape index (κ3) is 3.66. The van der Waals surface area contributed by atoms with Crippen LogP contribution in [0.15, 0.2) is 12.1 Å². The molecule has 0 atom stereocenters. The number of nitro groups is 1. The number of benzene rings is 1. The lowest BCUT2D eigenvalue weighted by Crippen LogP contribution is -2.17. The molecular weight excluding hydrogens is 268 g/mol. The maximum absolute atomic E-state index is 11.7. The van der Waals surface area contributed by atoms with E-state index in [2.05, 4.69) is 4.72 Å². The van der Waals surface area contributed by atoms with E-state index in [1.807, 2.05) is 13.8 Å². The van der Waals surface area contributed by atoms with Crippen LogP contribution < -0.4 is 4.72 Å². The number of anilines is 1. The molecule has 0 unspecified atom stereocenters. The van der Waals surface area contributed by atoms with E-state index >= 15 is 0 Å². The maximum Gasteiger partial charge on any atom is 0.270 e. The monoisotopic (exact) mass is 286 g/mol. The Hall–Kier alpha value is -1.63. The minimum Gasteiger partial charge on any atom is -0.283 e. The third-order valence-corrected chi connectivity index (χ3v) is 4.17. The number of nitro benzene ring substituents is 1. The molecule has 0 heterocycles. The van der Waals surface area contributed by atoms with Crippen molar-refractivity contribution >= 4 is 21.4 Å². The fraction of sp³-hybridized carbons (Fsp3) is 0.500. The normalized spacial score (nSPS) is 11.3. The van der Waals surface area contributed by atoms with Crippen LogP contribution in [0.4, 0.5) is 11.4 Å². The number of hydrogen-bond acceptors (Lipinski definition) is 4. The Labute approximate surface area is 113 Å². The Balaban J connectivity index is 3.41. The topological polar surface area (TPSA) is 89.3 Å². The summed E-state index contributed by atoms with van der Waals surface area (Å²) in [7, 11) is -3.39. The van der Waals surface area contributed by atoms with Gasteiger partial charge in [0.25, 0.3) is 5.69 Å². The Kier molecular flexibility index (Phi) is 4.88. The van der Waals surface area contributed by atoms with Gasteiger partial charge in [0.05, 0.1) is 16.4 Å². The highest BCUT2D eigenvalue weighted by Crippen LogP contribution is 2.29. The predicted molar refractivity (Wildman–Crippen MR) is 74.9 cm³/mol. The van der Waals surface area contributed by atoms with Gasteiger partial charge in [0.15, 0.2) is 0 Å². The molecule has 6 nitrogen and oxygen atoms in total. The highest BCUT2D eigenvalue weighted by Gasteiger charge is 2.18. The van der Waals surface area contributed by atoms with E-state index in [0.717, 1.165) is 0 Å². The van der Waals surface area contributed by atoms with Crippen molar-refractivity contribution in [1.29, 1.82) is 0 Å². The van der Waals surface area contributed by atoms with Crippen LogP contribution in [0.3, 0.4) is 0 Å². The fourth-order valence-corrected chi connectivity index (χ4v) is 2.49. The van der Waals surface area contributed by atoms with Gasteiger partial charge in [-0.1, -0.05) is 13.8 Å². The van der Waals surface area contributed by atoms with Crippen LogP contribution in [0.25, 0.3) is 0 Å². The van der Waals surface area contributed by atoms with Gasteiger partial charge in [-0.05, 0) is 30.9 Å². The fourth-order valence-electron chi connectivity index (χ4n) is 1.77. The van der Waals surface area contributed by atoms with Crippen LogP contribution in [-0.2, 0) is 22.9 Å². The number of hydrogen-bond donors (Lipinski definition) is 1. The number of nitrogens with one attached hydrogen (secondary N) is 1. The van der Waals surface area contributed by atoms with Gasteiger partial charge in [0, 0.05) is 12.1 Å². The van der Waals surface area contributed by atoms with Crippen LogP contribution in [0.5, 0.6) is 0 Å². The molecule has 0 aromatic heterocycles. The van der Waals surface area contributed by atoms with Crippen LogP contribution >= 0.6 is 0 Å². The van der Waals surface area contributed by atoms with Crippen LogP contribution in [0.2, 0.25) is 0 Å². The van der Waals surface area contributed by atoms with Gasteiger partial charge in [-0.3, -0.25) is 14.8 Å². The molecule has 0 saturated carbocycles. The molecule has 0 fully saturated rings. The summed E-state index contributed by atoms with van der Waals surface area (Å²) in [6, 6.07) is 2.85. The quantitative estimate of drug-likeness (QED) is 0.642. The summed E-state index contributed by atoms with van der Waals surface area (Å²) in [4.78, 5) is 10.4. The summed E-state index contributed by atoms with van der Waals surface area (Å²) in [5.74, 6) is -0.0315. The van der Waals surface area contributed by atoms with Gasteiger partial charge in [0.2, 0.25) is 10.0 Å². The largest absolute Gasteiger partial charge is 0.283 e. The van der Waals surface area contributed by atoms with Gasteiger partial charge in [-0.25, -0.2) is 8.42 Å². The summed E-state index contributed by atoms with van der Waals surface area (Å²) < 4.78 is 25.9. The van der Waals surface area contributed by atoms with E-state index in [4.69, 9.17) is 0 Å². The molecule has 0 aliphatic heterocycles. The molecule has 1 N–H and O–H groups in total. The van der Waals surface area contributed by atoms with E-state index in [9.17, 15) is 18.5 Å². The van der Waals surface area contributed by atoms with Crippen molar-refractivity contribution in [3.63, 3.8) is 0 Å². The van der Waals surface area contributed by atoms with E-state index in [0.29, 0.717) is 29.7 Å². The number of aryl methyl sites for hydroxylation is 2. The van der Waals surface area contributed by atoms with Gasteiger partial charge in [-0.2, -0.15) is 0 Å². The van der Waals surface area contributed by atoms with E-state index < -0.39 is 14.9 Å². The van der Waals surface area contributed by atoms with Crippen LogP contribution in [-0.4, -0.2) is 19.1 Å². The van der Waals surface area contributed by atoms with Crippen LogP contribution in [0, 0.1) is 10.1 Å². The summed E-state index contributed by atoms with van der Waals surface area (Å²) in [6.45, 7) is 5.22. The number of nitrogens with zero attached hydrogens (tertiary/aromatic N) is 1. The molecular formula is C12H18N2O4S. The minimum absolute atomic E-state index is 0.00635. The minimum atomic E-state index is -3.39. The molecule has 0 bridgehead atoms. The van der Waals surface area contributed by atoms with Gasteiger partial charge in [-0.15, -0.1) is 0 Å². The Bertz CT molecular complexity index is 556. The molecule has 1 aromatic carbocycles. The molecule has 0 spiro atoms. The molecule has 19 heavy (non-hydrogen) atoms. The Morgan fingerprint density at radius 2 is 1.63 bits per heavy atom. The summed E-state index contributed by atoms with van der Waals surface area (Å²) in [5, 5.41) is 10.9. The van der Waals surface area contributed by atoms with Crippen molar-refractivity contribution in [3.8, 4) is 0 Å². The van der Waals surface area contributed by atoms with Gasteiger partial charge >= 0.3 is 0 Å². The number of non-ortho nitro benzene ring substituents is 1. The molecule has 1 aromatic rings. The second kappa shape index (κ2) is 6.01. The van der Waals surface area contributed by atoms with Crippen molar-refractivity contribution in [3.05, 3.63) is 33.4 Å². The second-order valence-electron chi connectivity index (χ2n) is 4.11. The second-order valence-corrected chi connectivity index (χ2v) is 6.12. The first-order chi connectivity index (χ1) is 8.84. The smallest absolute Gasteiger partial charge is 0.270 e. The first-order valence-electron chi connectivity index (χ1n) is 6.15. The van der Waals surface area contributed by atoms with E-state index in [1.165, 1.54) is 12.1 Å². The lowest BCUT2D eigenvalue weighted by Gasteiger charge is -2.15. The molecule has 0 radical (unpaired) electrons. The standard InChI is InChI=1S/C12H18N2O4S/c1-4-9-7-11(14(15)16)8-10(5-2)12(9)13-19(17,18)6-3/h7-8,13H,4-6H2,1-3H3. The van der Waals surface area contributed by atoms with Crippen molar-refractivity contribution in [2.24, 2.45) is 0 Å².